The summed E-state index contributed by atoms with van der Waals surface area (Å²) in [6, 6.07) is 8.43. The van der Waals surface area contributed by atoms with Crippen LogP contribution in [0.3, 0.4) is 0 Å². The van der Waals surface area contributed by atoms with Gasteiger partial charge in [-0.3, -0.25) is 15.0 Å². The number of nitrogens with two attached hydrogens (primary N) is 1. The Hall–Kier alpha value is -1.84. The molecule has 0 saturated heterocycles. The van der Waals surface area contributed by atoms with Crippen molar-refractivity contribution in [1.82, 2.24) is 15.5 Å². The minimum atomic E-state index is -4.53. The van der Waals surface area contributed by atoms with Crippen LogP contribution >= 0.6 is 12.4 Å². The van der Waals surface area contributed by atoms with Gasteiger partial charge in [0.2, 0.25) is 5.91 Å². The molecule has 0 aliphatic carbocycles. The van der Waals surface area contributed by atoms with Gasteiger partial charge in [0.05, 0.1) is 6.54 Å². The lowest BCUT2D eigenvalue weighted by molar-refractivity contribution is -0.125. The Morgan fingerprint density at radius 3 is 2.32 bits per heavy atom. The van der Waals surface area contributed by atoms with Crippen molar-refractivity contribution in [3.05, 3.63) is 35.9 Å². The van der Waals surface area contributed by atoms with Crippen molar-refractivity contribution in [3.8, 4) is 0 Å². The topological polar surface area (TPSA) is 87.5 Å². The largest absolute Gasteiger partial charge is 0.405 e. The highest BCUT2D eigenvalue weighted by molar-refractivity contribution is 5.95. The van der Waals surface area contributed by atoms with Crippen molar-refractivity contribution >= 4 is 24.3 Å². The molecule has 1 aromatic rings. The molecule has 0 bridgehead atoms. The maximum absolute atomic E-state index is 12.0. The number of halogens is 4. The first-order valence-electron chi connectivity index (χ1n) is 7.41. The Balaban J connectivity index is 0.00000576. The molecule has 0 saturated carbocycles. The summed E-state index contributed by atoms with van der Waals surface area (Å²) < 4.78 is 35.9. The van der Waals surface area contributed by atoms with E-state index in [0.29, 0.717) is 26.1 Å². The number of alkyl halides is 3. The van der Waals surface area contributed by atoms with Gasteiger partial charge in [0.1, 0.15) is 6.54 Å². The van der Waals surface area contributed by atoms with Gasteiger partial charge in [-0.15, -0.1) is 12.4 Å². The number of urea groups is 1. The zero-order valence-electron chi connectivity index (χ0n) is 13.5. The highest BCUT2D eigenvalue weighted by Crippen LogP contribution is 2.11. The molecule has 0 aliphatic heterocycles. The predicted octanol–water partition coefficient (Wildman–Crippen LogP) is 1.30. The van der Waals surface area contributed by atoms with E-state index in [9.17, 15) is 22.8 Å². The summed E-state index contributed by atoms with van der Waals surface area (Å²) in [7, 11) is 0. The Kier molecular flexibility index (Phi) is 10.8. The number of benzene rings is 1. The smallest absolute Gasteiger partial charge is 0.329 e. The molecule has 3 amide bonds. The number of carbonyl (C=O) groups excluding carboxylic acids is 2. The summed E-state index contributed by atoms with van der Waals surface area (Å²) in [5.41, 5.74) is 6.58. The number of carbonyl (C=O) groups is 2. The Labute approximate surface area is 150 Å². The van der Waals surface area contributed by atoms with E-state index in [1.807, 2.05) is 35.6 Å². The third-order valence-corrected chi connectivity index (χ3v) is 3.07. The zero-order valence-corrected chi connectivity index (χ0v) is 14.3. The Morgan fingerprint density at radius 1 is 1.12 bits per heavy atom. The molecule has 0 fully saturated rings. The van der Waals surface area contributed by atoms with Crippen molar-refractivity contribution in [1.29, 1.82) is 0 Å². The zero-order chi connectivity index (χ0) is 18.0. The molecule has 0 unspecified atom stereocenters. The number of amides is 3. The Morgan fingerprint density at radius 2 is 1.76 bits per heavy atom. The Bertz CT molecular complexity index is 529. The first-order valence-corrected chi connectivity index (χ1v) is 7.41. The number of imide groups is 1. The molecule has 4 N–H and O–H groups in total. The first-order chi connectivity index (χ1) is 11.3. The van der Waals surface area contributed by atoms with Crippen molar-refractivity contribution in [2.75, 3.05) is 32.7 Å². The average Bonchev–Trinajstić information content (AvgIpc) is 2.51. The summed E-state index contributed by atoms with van der Waals surface area (Å²) >= 11 is 0. The third-order valence-electron chi connectivity index (χ3n) is 3.07. The second kappa shape index (κ2) is 11.7. The lowest BCUT2D eigenvalue weighted by atomic mass is 10.1. The van der Waals surface area contributed by atoms with Crippen molar-refractivity contribution in [2.24, 2.45) is 5.73 Å². The van der Waals surface area contributed by atoms with Crippen LogP contribution in [0, 0.1) is 0 Å². The monoisotopic (exact) mass is 382 g/mol. The number of nitrogens with one attached hydrogen (secondary N) is 2. The SMILES string of the molecule is Cl.NCCN(CCc1ccccc1)CC(=O)NC(=O)NCC(F)(F)F. The standard InChI is InChI=1S/C15H21F3N4O2.ClH/c16-15(17,18)11-20-14(24)21-13(23)10-22(9-7-19)8-6-12-4-2-1-3-5-12;/h1-5H,6-11,19H2,(H2,20,21,23,24);1H. The molecule has 0 radical (unpaired) electrons. The first kappa shape index (κ1) is 23.2. The lowest BCUT2D eigenvalue weighted by Crippen LogP contribution is -2.47. The van der Waals surface area contributed by atoms with Crippen LogP contribution in [0.15, 0.2) is 30.3 Å². The number of rotatable bonds is 8. The summed E-state index contributed by atoms with van der Waals surface area (Å²) in [5.74, 6) is -0.684. The molecule has 10 heteroatoms. The van der Waals surface area contributed by atoms with Gasteiger partial charge in [-0.1, -0.05) is 30.3 Å². The van der Waals surface area contributed by atoms with E-state index < -0.39 is 24.7 Å². The molecule has 0 aromatic heterocycles. The average molecular weight is 383 g/mol. The third kappa shape index (κ3) is 11.4. The van der Waals surface area contributed by atoms with Crippen molar-refractivity contribution in [2.45, 2.75) is 12.6 Å². The number of hydrogen-bond acceptors (Lipinski definition) is 4. The maximum Gasteiger partial charge on any atom is 0.405 e. The molecule has 0 aliphatic rings. The molecular formula is C15H22ClF3N4O2. The van der Waals surface area contributed by atoms with E-state index in [2.05, 4.69) is 0 Å². The van der Waals surface area contributed by atoms with Crippen LogP contribution in [-0.2, 0) is 11.2 Å². The van der Waals surface area contributed by atoms with Gasteiger partial charge in [-0.05, 0) is 12.0 Å². The van der Waals surface area contributed by atoms with E-state index in [1.165, 1.54) is 0 Å². The van der Waals surface area contributed by atoms with Gasteiger partial charge in [0.15, 0.2) is 0 Å². The summed E-state index contributed by atoms with van der Waals surface area (Å²) in [5, 5.41) is 3.45. The van der Waals surface area contributed by atoms with Crippen LogP contribution in [0.25, 0.3) is 0 Å². The van der Waals surface area contributed by atoms with E-state index in [-0.39, 0.29) is 19.0 Å². The van der Waals surface area contributed by atoms with Crippen LogP contribution in [-0.4, -0.2) is 55.7 Å². The molecule has 1 aromatic carbocycles. The fourth-order valence-electron chi connectivity index (χ4n) is 1.98. The van der Waals surface area contributed by atoms with Crippen LogP contribution < -0.4 is 16.4 Å². The minimum absolute atomic E-state index is 0. The van der Waals surface area contributed by atoms with Gasteiger partial charge in [0.25, 0.3) is 0 Å². The second-order valence-corrected chi connectivity index (χ2v) is 5.15. The molecule has 6 nitrogen and oxygen atoms in total. The highest BCUT2D eigenvalue weighted by Gasteiger charge is 2.28. The van der Waals surface area contributed by atoms with E-state index in [4.69, 9.17) is 5.73 Å². The number of hydrogen-bond donors (Lipinski definition) is 3. The van der Waals surface area contributed by atoms with Gasteiger partial charge in [-0.2, -0.15) is 13.2 Å². The summed E-state index contributed by atoms with van der Waals surface area (Å²) in [6.45, 7) is -0.318. The summed E-state index contributed by atoms with van der Waals surface area (Å²) in [6.07, 6.45) is -3.84. The van der Waals surface area contributed by atoms with Gasteiger partial charge < -0.3 is 11.1 Å². The molecule has 1 rings (SSSR count). The van der Waals surface area contributed by atoms with Gasteiger partial charge >= 0.3 is 12.2 Å². The molecule has 0 heterocycles. The van der Waals surface area contributed by atoms with E-state index in [0.717, 1.165) is 5.56 Å². The quantitative estimate of drug-likeness (QED) is 0.632. The fraction of sp³-hybridized carbons (Fsp3) is 0.467. The van der Waals surface area contributed by atoms with Crippen LogP contribution in [0.1, 0.15) is 5.56 Å². The van der Waals surface area contributed by atoms with E-state index in [1.54, 1.807) is 10.2 Å². The minimum Gasteiger partial charge on any atom is -0.329 e. The van der Waals surface area contributed by atoms with Crippen molar-refractivity contribution in [3.63, 3.8) is 0 Å². The highest BCUT2D eigenvalue weighted by atomic mass is 35.5. The van der Waals surface area contributed by atoms with E-state index >= 15 is 0 Å². The fourth-order valence-corrected chi connectivity index (χ4v) is 1.98. The molecular weight excluding hydrogens is 361 g/mol. The maximum atomic E-state index is 12.0. The van der Waals surface area contributed by atoms with Crippen molar-refractivity contribution < 1.29 is 22.8 Å². The van der Waals surface area contributed by atoms with Crippen LogP contribution in [0.4, 0.5) is 18.0 Å². The summed E-state index contributed by atoms with van der Waals surface area (Å²) in [4.78, 5) is 24.7. The normalized spacial score (nSPS) is 10.9. The molecule has 0 spiro atoms. The number of nitrogens with zero attached hydrogens (tertiary/aromatic N) is 1. The molecule has 142 valence electrons. The molecule has 0 atom stereocenters. The van der Waals surface area contributed by atoms with Crippen LogP contribution in [0.2, 0.25) is 0 Å². The van der Waals surface area contributed by atoms with Gasteiger partial charge in [0, 0.05) is 19.6 Å². The predicted molar refractivity (Wildman–Crippen MR) is 90.5 cm³/mol. The lowest BCUT2D eigenvalue weighted by Gasteiger charge is -2.21. The molecule has 25 heavy (non-hydrogen) atoms. The van der Waals surface area contributed by atoms with Gasteiger partial charge in [-0.25, -0.2) is 4.79 Å². The second-order valence-electron chi connectivity index (χ2n) is 5.15. The van der Waals surface area contributed by atoms with Crippen LogP contribution in [0.5, 0.6) is 0 Å².